The molecule has 0 aliphatic rings. The van der Waals surface area contributed by atoms with Gasteiger partial charge in [-0.2, -0.15) is 0 Å². The minimum absolute atomic E-state index is 0.102. The molecule has 0 radical (unpaired) electrons. The zero-order valence-electron chi connectivity index (χ0n) is 9.86. The van der Waals surface area contributed by atoms with Crippen LogP contribution in [0, 0.1) is 11.6 Å². The van der Waals surface area contributed by atoms with Crippen LogP contribution in [0.2, 0.25) is 0 Å². The highest BCUT2D eigenvalue weighted by molar-refractivity contribution is 5.69. The predicted molar refractivity (Wildman–Crippen MR) is 66.7 cm³/mol. The maximum Gasteiger partial charge on any atom is 0.404 e. The van der Waals surface area contributed by atoms with Crippen molar-refractivity contribution < 1.29 is 18.7 Å². The zero-order chi connectivity index (χ0) is 13.8. The molecule has 3 nitrogen and oxygen atoms in total. The number of halogens is 2. The van der Waals surface area contributed by atoms with E-state index in [2.05, 4.69) is 5.32 Å². The summed E-state index contributed by atoms with van der Waals surface area (Å²) in [5.41, 5.74) is 1.85. The van der Waals surface area contributed by atoms with E-state index >= 15 is 0 Å². The van der Waals surface area contributed by atoms with Crippen LogP contribution in [0.25, 0.3) is 11.1 Å². The van der Waals surface area contributed by atoms with Crippen molar-refractivity contribution in [1.82, 2.24) is 5.32 Å². The molecule has 98 valence electrons. The van der Waals surface area contributed by atoms with Crippen molar-refractivity contribution in [2.45, 2.75) is 6.54 Å². The molecular formula is C14H11F2NO2. The first-order valence-electron chi connectivity index (χ1n) is 5.58. The molecule has 0 aliphatic carbocycles. The maximum atomic E-state index is 13.2. The first kappa shape index (κ1) is 13.0. The van der Waals surface area contributed by atoms with Gasteiger partial charge in [0, 0.05) is 6.54 Å². The number of carbonyl (C=O) groups is 1. The molecule has 0 spiro atoms. The monoisotopic (exact) mass is 263 g/mol. The Morgan fingerprint density at radius 3 is 2.53 bits per heavy atom. The summed E-state index contributed by atoms with van der Waals surface area (Å²) in [7, 11) is 0. The van der Waals surface area contributed by atoms with Crippen molar-refractivity contribution in [2.75, 3.05) is 0 Å². The number of amides is 1. The van der Waals surface area contributed by atoms with E-state index < -0.39 is 17.7 Å². The van der Waals surface area contributed by atoms with Gasteiger partial charge in [-0.05, 0) is 28.8 Å². The highest BCUT2D eigenvalue weighted by Crippen LogP contribution is 2.25. The maximum absolute atomic E-state index is 13.2. The van der Waals surface area contributed by atoms with Crippen LogP contribution in [0.15, 0.2) is 42.5 Å². The Hall–Kier alpha value is -2.43. The van der Waals surface area contributed by atoms with Crippen LogP contribution in [0.3, 0.4) is 0 Å². The summed E-state index contributed by atoms with van der Waals surface area (Å²) >= 11 is 0. The number of carboxylic acid groups (broad SMARTS) is 1. The summed E-state index contributed by atoms with van der Waals surface area (Å²) in [6.45, 7) is 0.102. The van der Waals surface area contributed by atoms with E-state index in [-0.39, 0.29) is 6.54 Å². The van der Waals surface area contributed by atoms with E-state index in [1.165, 1.54) is 6.07 Å². The summed E-state index contributed by atoms with van der Waals surface area (Å²) in [6, 6.07) is 10.6. The Labute approximate surface area is 108 Å². The van der Waals surface area contributed by atoms with Crippen molar-refractivity contribution in [3.8, 4) is 11.1 Å². The van der Waals surface area contributed by atoms with Crippen LogP contribution in [-0.4, -0.2) is 11.2 Å². The molecule has 19 heavy (non-hydrogen) atoms. The largest absolute Gasteiger partial charge is 0.465 e. The molecule has 0 saturated carbocycles. The van der Waals surface area contributed by atoms with Crippen LogP contribution in [0.4, 0.5) is 13.6 Å². The Morgan fingerprint density at radius 2 is 1.84 bits per heavy atom. The van der Waals surface area contributed by atoms with E-state index in [1.54, 1.807) is 24.3 Å². The highest BCUT2D eigenvalue weighted by Gasteiger charge is 2.08. The van der Waals surface area contributed by atoms with Gasteiger partial charge in [-0.1, -0.05) is 30.3 Å². The van der Waals surface area contributed by atoms with Crippen LogP contribution in [0.5, 0.6) is 0 Å². The van der Waals surface area contributed by atoms with E-state index in [4.69, 9.17) is 5.11 Å². The summed E-state index contributed by atoms with van der Waals surface area (Å²) in [5, 5.41) is 10.8. The van der Waals surface area contributed by atoms with E-state index in [9.17, 15) is 13.6 Å². The Morgan fingerprint density at radius 1 is 1.11 bits per heavy atom. The lowest BCUT2D eigenvalue weighted by molar-refractivity contribution is 0.194. The van der Waals surface area contributed by atoms with Crippen LogP contribution in [0.1, 0.15) is 5.56 Å². The lowest BCUT2D eigenvalue weighted by Gasteiger charge is -2.10. The van der Waals surface area contributed by atoms with Crippen molar-refractivity contribution in [2.24, 2.45) is 0 Å². The molecule has 5 heteroatoms. The highest BCUT2D eigenvalue weighted by atomic mass is 19.2. The molecule has 0 unspecified atom stereocenters. The molecule has 0 atom stereocenters. The average Bonchev–Trinajstić information content (AvgIpc) is 2.40. The summed E-state index contributed by atoms with van der Waals surface area (Å²) in [5.74, 6) is -1.84. The van der Waals surface area contributed by atoms with Crippen LogP contribution < -0.4 is 5.32 Å². The Bertz CT molecular complexity index is 614. The fraction of sp³-hybridized carbons (Fsp3) is 0.0714. The number of rotatable bonds is 3. The summed E-state index contributed by atoms with van der Waals surface area (Å²) < 4.78 is 26.1. The molecule has 0 heterocycles. The van der Waals surface area contributed by atoms with Gasteiger partial charge in [-0.25, -0.2) is 13.6 Å². The van der Waals surface area contributed by atoms with Gasteiger partial charge in [0.25, 0.3) is 0 Å². The molecule has 2 aromatic rings. The van der Waals surface area contributed by atoms with Gasteiger partial charge in [0.2, 0.25) is 0 Å². The second-order valence-electron chi connectivity index (χ2n) is 3.94. The zero-order valence-corrected chi connectivity index (χ0v) is 9.86. The fourth-order valence-electron chi connectivity index (χ4n) is 1.79. The minimum Gasteiger partial charge on any atom is -0.465 e. The third-order valence-corrected chi connectivity index (χ3v) is 2.68. The second kappa shape index (κ2) is 5.48. The minimum atomic E-state index is -1.14. The SMILES string of the molecule is O=C(O)NCc1ccccc1-c1ccc(F)c(F)c1. The smallest absolute Gasteiger partial charge is 0.404 e. The topological polar surface area (TPSA) is 49.3 Å². The fourth-order valence-corrected chi connectivity index (χ4v) is 1.79. The third-order valence-electron chi connectivity index (χ3n) is 2.68. The number of hydrogen-bond acceptors (Lipinski definition) is 1. The van der Waals surface area contributed by atoms with E-state index in [1.807, 2.05) is 0 Å². The van der Waals surface area contributed by atoms with Crippen LogP contribution in [-0.2, 0) is 6.54 Å². The lowest BCUT2D eigenvalue weighted by atomic mass is 9.99. The second-order valence-corrected chi connectivity index (χ2v) is 3.94. The summed E-state index contributed by atoms with van der Waals surface area (Å²) in [6.07, 6.45) is -1.14. The molecule has 0 aromatic heterocycles. The predicted octanol–water partition coefficient (Wildman–Crippen LogP) is 3.40. The number of hydrogen-bond donors (Lipinski definition) is 2. The molecule has 0 saturated heterocycles. The Balaban J connectivity index is 2.38. The molecule has 0 aliphatic heterocycles. The van der Waals surface area contributed by atoms with Gasteiger partial charge in [0.1, 0.15) is 0 Å². The molecule has 2 aromatic carbocycles. The van der Waals surface area contributed by atoms with Crippen molar-refractivity contribution in [1.29, 1.82) is 0 Å². The van der Waals surface area contributed by atoms with E-state index in [0.29, 0.717) is 16.7 Å². The van der Waals surface area contributed by atoms with Gasteiger partial charge in [0.05, 0.1) is 0 Å². The standard InChI is InChI=1S/C14H11F2NO2/c15-12-6-5-9(7-13(12)16)11-4-2-1-3-10(11)8-17-14(18)19/h1-7,17H,8H2,(H,18,19). The first-order chi connectivity index (χ1) is 9.08. The van der Waals surface area contributed by atoms with Crippen molar-refractivity contribution >= 4 is 6.09 Å². The molecule has 0 fully saturated rings. The van der Waals surface area contributed by atoms with Crippen molar-refractivity contribution in [3.05, 3.63) is 59.7 Å². The quantitative estimate of drug-likeness (QED) is 0.891. The van der Waals surface area contributed by atoms with Crippen molar-refractivity contribution in [3.63, 3.8) is 0 Å². The normalized spacial score (nSPS) is 10.2. The molecule has 1 amide bonds. The van der Waals surface area contributed by atoms with Gasteiger partial charge >= 0.3 is 6.09 Å². The molecular weight excluding hydrogens is 252 g/mol. The molecule has 0 bridgehead atoms. The van der Waals surface area contributed by atoms with Gasteiger partial charge in [0.15, 0.2) is 11.6 Å². The van der Waals surface area contributed by atoms with E-state index in [0.717, 1.165) is 12.1 Å². The van der Waals surface area contributed by atoms with Crippen LogP contribution >= 0.6 is 0 Å². The number of nitrogens with one attached hydrogen (secondary N) is 1. The van der Waals surface area contributed by atoms with Gasteiger partial charge in [-0.3, -0.25) is 0 Å². The first-order valence-corrected chi connectivity index (χ1v) is 5.58. The molecule has 2 N–H and O–H groups in total. The van der Waals surface area contributed by atoms with Gasteiger partial charge in [-0.15, -0.1) is 0 Å². The number of benzene rings is 2. The average molecular weight is 263 g/mol. The summed E-state index contributed by atoms with van der Waals surface area (Å²) in [4.78, 5) is 10.5. The Kier molecular flexibility index (Phi) is 3.75. The third kappa shape index (κ3) is 3.07. The van der Waals surface area contributed by atoms with Gasteiger partial charge < -0.3 is 10.4 Å². The lowest BCUT2D eigenvalue weighted by Crippen LogP contribution is -2.20. The molecule has 2 rings (SSSR count).